The van der Waals surface area contributed by atoms with Gasteiger partial charge >= 0.3 is 5.97 Å². The summed E-state index contributed by atoms with van der Waals surface area (Å²) < 4.78 is 5.32. The van der Waals surface area contributed by atoms with Crippen molar-refractivity contribution in [2.45, 2.75) is 39.5 Å². The molecule has 0 aliphatic rings. The predicted octanol–water partition coefficient (Wildman–Crippen LogP) is 3.47. The number of benzene rings is 1. The van der Waals surface area contributed by atoms with Crippen molar-refractivity contribution in [3.05, 3.63) is 29.3 Å². The van der Waals surface area contributed by atoms with Crippen LogP contribution in [0.1, 0.15) is 44.2 Å². The molecule has 1 N–H and O–H groups in total. The molecule has 1 rings (SSSR count). The second-order valence-electron chi connectivity index (χ2n) is 4.88. The summed E-state index contributed by atoms with van der Waals surface area (Å²) >= 11 is 0. The average molecular weight is 250 g/mol. The van der Waals surface area contributed by atoms with Crippen molar-refractivity contribution < 1.29 is 14.6 Å². The van der Waals surface area contributed by atoms with Crippen LogP contribution in [0.3, 0.4) is 0 Å². The summed E-state index contributed by atoms with van der Waals surface area (Å²) in [6.07, 6.45) is 1.23. The van der Waals surface area contributed by atoms with Crippen molar-refractivity contribution in [2.24, 2.45) is 5.92 Å². The summed E-state index contributed by atoms with van der Waals surface area (Å²) in [5, 5.41) is 9.09. The van der Waals surface area contributed by atoms with E-state index in [0.717, 1.165) is 16.9 Å². The van der Waals surface area contributed by atoms with Crippen LogP contribution in [0.2, 0.25) is 0 Å². The molecule has 0 fully saturated rings. The Morgan fingerprint density at radius 1 is 1.39 bits per heavy atom. The topological polar surface area (TPSA) is 46.5 Å². The molecule has 1 atom stereocenters. The number of carboxylic acids is 1. The number of ether oxygens (including phenoxy) is 1. The molecule has 1 unspecified atom stereocenters. The summed E-state index contributed by atoms with van der Waals surface area (Å²) in [6, 6.07) is 5.95. The zero-order chi connectivity index (χ0) is 13.7. The Hall–Kier alpha value is -1.51. The zero-order valence-electron chi connectivity index (χ0n) is 11.6. The maximum atomic E-state index is 11.1. The number of hydrogen-bond donors (Lipinski definition) is 1. The highest BCUT2D eigenvalue weighted by Crippen LogP contribution is 2.28. The van der Waals surface area contributed by atoms with Gasteiger partial charge in [0, 0.05) is 0 Å². The molecular weight excluding hydrogens is 228 g/mol. The molecule has 0 saturated carbocycles. The standard InChI is InChI=1S/C15H22O3/c1-5-12(15(16)17)8-11-6-7-14(18-4)13(9-11)10(2)3/h6-7,9-10,12H,5,8H2,1-4H3,(H,16,17). The van der Waals surface area contributed by atoms with Crippen molar-refractivity contribution in [3.63, 3.8) is 0 Å². The van der Waals surface area contributed by atoms with Gasteiger partial charge in [-0.3, -0.25) is 4.79 Å². The minimum absolute atomic E-state index is 0.307. The summed E-state index contributed by atoms with van der Waals surface area (Å²) in [4.78, 5) is 11.1. The van der Waals surface area contributed by atoms with Gasteiger partial charge in [-0.2, -0.15) is 0 Å². The second kappa shape index (κ2) is 6.43. The second-order valence-corrected chi connectivity index (χ2v) is 4.88. The SMILES string of the molecule is CCC(Cc1ccc(OC)c(C(C)C)c1)C(=O)O. The highest BCUT2D eigenvalue weighted by Gasteiger charge is 2.17. The van der Waals surface area contributed by atoms with Gasteiger partial charge in [0.2, 0.25) is 0 Å². The number of aliphatic carboxylic acids is 1. The third kappa shape index (κ3) is 3.49. The first-order valence-corrected chi connectivity index (χ1v) is 6.39. The number of hydrogen-bond acceptors (Lipinski definition) is 2. The molecular formula is C15H22O3. The highest BCUT2D eigenvalue weighted by molar-refractivity contribution is 5.70. The van der Waals surface area contributed by atoms with Crippen LogP contribution in [0.4, 0.5) is 0 Å². The van der Waals surface area contributed by atoms with E-state index in [1.54, 1.807) is 7.11 Å². The van der Waals surface area contributed by atoms with Crippen molar-refractivity contribution in [3.8, 4) is 5.75 Å². The first kappa shape index (κ1) is 14.6. The zero-order valence-corrected chi connectivity index (χ0v) is 11.6. The largest absolute Gasteiger partial charge is 0.496 e. The molecule has 0 heterocycles. The molecule has 0 saturated heterocycles. The van der Waals surface area contributed by atoms with Crippen LogP contribution in [-0.4, -0.2) is 18.2 Å². The Balaban J connectivity index is 2.97. The fourth-order valence-electron chi connectivity index (χ4n) is 2.05. The van der Waals surface area contributed by atoms with Crippen molar-refractivity contribution in [1.82, 2.24) is 0 Å². The monoisotopic (exact) mass is 250 g/mol. The fourth-order valence-corrected chi connectivity index (χ4v) is 2.05. The Bertz CT molecular complexity index is 410. The van der Waals surface area contributed by atoms with E-state index in [4.69, 9.17) is 9.84 Å². The van der Waals surface area contributed by atoms with Crippen LogP contribution in [0, 0.1) is 5.92 Å². The number of carbonyl (C=O) groups is 1. The van der Waals surface area contributed by atoms with E-state index in [1.165, 1.54) is 0 Å². The van der Waals surface area contributed by atoms with Gasteiger partial charge in [-0.25, -0.2) is 0 Å². The van der Waals surface area contributed by atoms with Gasteiger partial charge in [-0.05, 0) is 36.0 Å². The van der Waals surface area contributed by atoms with Crippen LogP contribution >= 0.6 is 0 Å². The smallest absolute Gasteiger partial charge is 0.306 e. The third-order valence-corrected chi connectivity index (χ3v) is 3.24. The van der Waals surface area contributed by atoms with Gasteiger partial charge in [0.25, 0.3) is 0 Å². The molecule has 0 amide bonds. The molecule has 0 radical (unpaired) electrons. The lowest BCUT2D eigenvalue weighted by molar-refractivity contribution is -0.141. The molecule has 0 bridgehead atoms. The molecule has 3 nitrogen and oxygen atoms in total. The minimum atomic E-state index is -0.723. The van der Waals surface area contributed by atoms with Crippen molar-refractivity contribution in [2.75, 3.05) is 7.11 Å². The fraction of sp³-hybridized carbons (Fsp3) is 0.533. The minimum Gasteiger partial charge on any atom is -0.496 e. The molecule has 18 heavy (non-hydrogen) atoms. The Kier molecular flexibility index (Phi) is 5.20. The molecule has 1 aromatic rings. The van der Waals surface area contributed by atoms with Crippen LogP contribution in [0.15, 0.2) is 18.2 Å². The van der Waals surface area contributed by atoms with Crippen LogP contribution in [0.5, 0.6) is 5.75 Å². The number of methoxy groups -OCH3 is 1. The molecule has 1 aromatic carbocycles. The molecule has 3 heteroatoms. The normalized spacial score (nSPS) is 12.5. The number of rotatable bonds is 6. The van der Waals surface area contributed by atoms with Gasteiger partial charge in [-0.1, -0.05) is 32.9 Å². The molecule has 0 aliphatic heterocycles. The van der Waals surface area contributed by atoms with Crippen LogP contribution in [-0.2, 0) is 11.2 Å². The van der Waals surface area contributed by atoms with Gasteiger partial charge in [0.05, 0.1) is 13.0 Å². The molecule has 100 valence electrons. The molecule has 0 aromatic heterocycles. The predicted molar refractivity (Wildman–Crippen MR) is 72.2 cm³/mol. The Morgan fingerprint density at radius 3 is 2.50 bits per heavy atom. The first-order valence-electron chi connectivity index (χ1n) is 6.39. The maximum Gasteiger partial charge on any atom is 0.306 e. The van der Waals surface area contributed by atoms with Crippen LogP contribution in [0.25, 0.3) is 0 Å². The lowest BCUT2D eigenvalue weighted by Gasteiger charge is -2.15. The molecule has 0 spiro atoms. The Morgan fingerprint density at radius 2 is 2.06 bits per heavy atom. The van der Waals surface area contributed by atoms with Crippen LogP contribution < -0.4 is 4.74 Å². The summed E-state index contributed by atoms with van der Waals surface area (Å²) in [7, 11) is 1.66. The summed E-state index contributed by atoms with van der Waals surface area (Å²) in [5.41, 5.74) is 2.20. The van der Waals surface area contributed by atoms with E-state index in [2.05, 4.69) is 19.9 Å². The maximum absolute atomic E-state index is 11.1. The quantitative estimate of drug-likeness (QED) is 0.840. The van der Waals surface area contributed by atoms with E-state index in [-0.39, 0.29) is 5.92 Å². The van der Waals surface area contributed by atoms with Gasteiger partial charge in [-0.15, -0.1) is 0 Å². The Labute approximate surface area is 109 Å². The first-order chi connectivity index (χ1) is 8.49. The third-order valence-electron chi connectivity index (χ3n) is 3.24. The lowest BCUT2D eigenvalue weighted by Crippen LogP contribution is -2.15. The summed E-state index contributed by atoms with van der Waals surface area (Å²) in [6.45, 7) is 6.12. The van der Waals surface area contributed by atoms with Gasteiger partial charge in [0.15, 0.2) is 0 Å². The highest BCUT2D eigenvalue weighted by atomic mass is 16.5. The van der Waals surface area contributed by atoms with E-state index in [0.29, 0.717) is 18.8 Å². The van der Waals surface area contributed by atoms with E-state index < -0.39 is 5.97 Å². The van der Waals surface area contributed by atoms with E-state index in [9.17, 15) is 4.79 Å². The summed E-state index contributed by atoms with van der Waals surface area (Å²) in [5.74, 6) is 0.208. The van der Waals surface area contributed by atoms with E-state index in [1.807, 2.05) is 19.1 Å². The molecule has 0 aliphatic carbocycles. The number of carboxylic acid groups (broad SMARTS) is 1. The van der Waals surface area contributed by atoms with Gasteiger partial charge < -0.3 is 9.84 Å². The van der Waals surface area contributed by atoms with Gasteiger partial charge in [0.1, 0.15) is 5.75 Å². The van der Waals surface area contributed by atoms with Crippen molar-refractivity contribution in [1.29, 1.82) is 0 Å². The lowest BCUT2D eigenvalue weighted by atomic mass is 9.93. The average Bonchev–Trinajstić information content (AvgIpc) is 2.35. The van der Waals surface area contributed by atoms with E-state index >= 15 is 0 Å². The van der Waals surface area contributed by atoms with Crippen molar-refractivity contribution >= 4 is 5.97 Å².